The minimum absolute atomic E-state index is 0.281. The molecule has 152 valence electrons. The van der Waals surface area contributed by atoms with Gasteiger partial charge >= 0.3 is 0 Å². The van der Waals surface area contributed by atoms with Crippen molar-refractivity contribution in [3.63, 3.8) is 0 Å². The quantitative estimate of drug-likeness (QED) is 0.525. The standard InChI is InChI=1S/C23H22N4O3/c1-15-17(23(28)25-18-11-7-8-12-20(18)30-3)13-24-22-21(16-9-5-4-6-10-16)19(14-29-2)26-27(15)22/h4-13H,14H2,1-3H3,(H,25,28). The molecule has 0 atom stereocenters. The van der Waals surface area contributed by atoms with Gasteiger partial charge in [-0.25, -0.2) is 9.50 Å². The van der Waals surface area contributed by atoms with E-state index in [-0.39, 0.29) is 5.91 Å². The number of carbonyl (C=O) groups is 1. The number of methoxy groups -OCH3 is 2. The lowest BCUT2D eigenvalue weighted by molar-refractivity contribution is 0.102. The molecule has 0 saturated heterocycles. The van der Waals surface area contributed by atoms with Gasteiger partial charge in [0, 0.05) is 13.3 Å². The molecule has 0 radical (unpaired) electrons. The lowest BCUT2D eigenvalue weighted by Crippen LogP contribution is -2.16. The molecule has 1 N–H and O–H groups in total. The first-order valence-electron chi connectivity index (χ1n) is 9.50. The highest BCUT2D eigenvalue weighted by Crippen LogP contribution is 2.29. The molecule has 0 saturated carbocycles. The molecule has 0 aliphatic carbocycles. The van der Waals surface area contributed by atoms with Crippen LogP contribution in [0.15, 0.2) is 60.8 Å². The molecule has 2 aromatic heterocycles. The molecule has 0 spiro atoms. The molecular weight excluding hydrogens is 380 g/mol. The SMILES string of the molecule is COCc1nn2c(C)c(C(=O)Nc3ccccc3OC)cnc2c1-c1ccccc1. The number of rotatable bonds is 6. The lowest BCUT2D eigenvalue weighted by Gasteiger charge is -2.11. The van der Waals surface area contributed by atoms with E-state index in [0.29, 0.717) is 34.9 Å². The maximum Gasteiger partial charge on any atom is 0.259 e. The summed E-state index contributed by atoms with van der Waals surface area (Å²) in [6, 6.07) is 17.2. The van der Waals surface area contributed by atoms with Crippen LogP contribution >= 0.6 is 0 Å². The number of anilines is 1. The highest BCUT2D eigenvalue weighted by molar-refractivity contribution is 6.05. The van der Waals surface area contributed by atoms with Gasteiger partial charge in [0.25, 0.3) is 5.91 Å². The number of nitrogens with one attached hydrogen (secondary N) is 1. The molecule has 2 aromatic carbocycles. The first-order chi connectivity index (χ1) is 14.6. The normalized spacial score (nSPS) is 10.9. The summed E-state index contributed by atoms with van der Waals surface area (Å²) >= 11 is 0. The van der Waals surface area contributed by atoms with Crippen LogP contribution in [0.4, 0.5) is 5.69 Å². The topological polar surface area (TPSA) is 77.8 Å². The van der Waals surface area contributed by atoms with Crippen LogP contribution in [0.3, 0.4) is 0 Å². The molecule has 7 nitrogen and oxygen atoms in total. The van der Waals surface area contributed by atoms with Crippen molar-refractivity contribution in [3.05, 3.63) is 77.7 Å². The largest absolute Gasteiger partial charge is 0.495 e. The van der Waals surface area contributed by atoms with Crippen LogP contribution in [-0.4, -0.2) is 34.7 Å². The monoisotopic (exact) mass is 402 g/mol. The Balaban J connectivity index is 1.78. The van der Waals surface area contributed by atoms with E-state index < -0.39 is 0 Å². The van der Waals surface area contributed by atoms with Crippen molar-refractivity contribution in [2.75, 3.05) is 19.5 Å². The Labute approximate surface area is 174 Å². The Morgan fingerprint density at radius 3 is 2.53 bits per heavy atom. The minimum Gasteiger partial charge on any atom is -0.495 e. The highest BCUT2D eigenvalue weighted by atomic mass is 16.5. The fourth-order valence-corrected chi connectivity index (χ4v) is 3.44. The average molecular weight is 402 g/mol. The molecule has 0 aliphatic heterocycles. The van der Waals surface area contributed by atoms with Crippen LogP contribution in [0.1, 0.15) is 21.7 Å². The number of amides is 1. The van der Waals surface area contributed by atoms with Crippen molar-refractivity contribution in [3.8, 4) is 16.9 Å². The molecule has 0 aliphatic rings. The molecule has 1 amide bonds. The van der Waals surface area contributed by atoms with Crippen LogP contribution in [0.25, 0.3) is 16.8 Å². The summed E-state index contributed by atoms with van der Waals surface area (Å²) in [5, 5.41) is 7.58. The zero-order chi connectivity index (χ0) is 21.1. The maximum atomic E-state index is 13.0. The fourth-order valence-electron chi connectivity index (χ4n) is 3.44. The molecular formula is C23H22N4O3. The summed E-state index contributed by atoms with van der Waals surface area (Å²) in [6.07, 6.45) is 1.58. The average Bonchev–Trinajstić information content (AvgIpc) is 3.14. The number of ether oxygens (including phenoxy) is 2. The van der Waals surface area contributed by atoms with Crippen LogP contribution in [-0.2, 0) is 11.3 Å². The Hall–Kier alpha value is -3.71. The van der Waals surface area contributed by atoms with Crippen molar-refractivity contribution < 1.29 is 14.3 Å². The third-order valence-electron chi connectivity index (χ3n) is 4.90. The van der Waals surface area contributed by atoms with Gasteiger partial charge in [-0.3, -0.25) is 4.79 Å². The number of benzene rings is 2. The van der Waals surface area contributed by atoms with Gasteiger partial charge in [0.15, 0.2) is 5.65 Å². The van der Waals surface area contributed by atoms with Gasteiger partial charge in [0.05, 0.1) is 41.9 Å². The summed E-state index contributed by atoms with van der Waals surface area (Å²) in [6.45, 7) is 2.19. The summed E-state index contributed by atoms with van der Waals surface area (Å²) < 4.78 is 12.4. The fraction of sp³-hybridized carbons (Fsp3) is 0.174. The van der Waals surface area contributed by atoms with E-state index in [1.165, 1.54) is 0 Å². The second-order valence-electron chi connectivity index (χ2n) is 6.77. The molecule has 4 aromatic rings. The summed E-state index contributed by atoms with van der Waals surface area (Å²) in [5.41, 5.74) is 5.05. The number of aryl methyl sites for hydroxylation is 1. The van der Waals surface area contributed by atoms with Crippen LogP contribution < -0.4 is 10.1 Å². The lowest BCUT2D eigenvalue weighted by atomic mass is 10.1. The van der Waals surface area contributed by atoms with Crippen LogP contribution in [0, 0.1) is 6.92 Å². The smallest absolute Gasteiger partial charge is 0.259 e. The predicted molar refractivity (Wildman–Crippen MR) is 115 cm³/mol. The second-order valence-corrected chi connectivity index (χ2v) is 6.77. The summed E-state index contributed by atoms with van der Waals surface area (Å²) in [4.78, 5) is 17.5. The Bertz CT molecular complexity index is 1200. The van der Waals surface area contributed by atoms with E-state index in [0.717, 1.165) is 16.8 Å². The van der Waals surface area contributed by atoms with E-state index in [1.54, 1.807) is 37.1 Å². The van der Waals surface area contributed by atoms with Crippen molar-refractivity contribution in [1.82, 2.24) is 14.6 Å². The van der Waals surface area contributed by atoms with Crippen molar-refractivity contribution in [2.24, 2.45) is 0 Å². The molecule has 7 heteroatoms. The number of hydrogen-bond acceptors (Lipinski definition) is 5. The third-order valence-corrected chi connectivity index (χ3v) is 4.90. The number of carbonyl (C=O) groups excluding carboxylic acids is 1. The number of aromatic nitrogens is 3. The summed E-state index contributed by atoms with van der Waals surface area (Å²) in [7, 11) is 3.20. The van der Waals surface area contributed by atoms with E-state index >= 15 is 0 Å². The Morgan fingerprint density at radius 1 is 1.07 bits per heavy atom. The zero-order valence-electron chi connectivity index (χ0n) is 17.0. The third kappa shape index (κ3) is 3.51. The van der Waals surface area contributed by atoms with Gasteiger partial charge in [-0.1, -0.05) is 42.5 Å². The zero-order valence-corrected chi connectivity index (χ0v) is 17.0. The number of para-hydroxylation sites is 2. The first-order valence-corrected chi connectivity index (χ1v) is 9.50. The van der Waals surface area contributed by atoms with Crippen LogP contribution in [0.2, 0.25) is 0 Å². The second kappa shape index (κ2) is 8.34. The van der Waals surface area contributed by atoms with Gasteiger partial charge in [0.2, 0.25) is 0 Å². The van der Waals surface area contributed by atoms with Crippen LogP contribution in [0.5, 0.6) is 5.75 Å². The molecule has 0 unspecified atom stereocenters. The van der Waals surface area contributed by atoms with Gasteiger partial charge < -0.3 is 14.8 Å². The van der Waals surface area contributed by atoms with E-state index in [4.69, 9.17) is 9.47 Å². The highest BCUT2D eigenvalue weighted by Gasteiger charge is 2.21. The minimum atomic E-state index is -0.281. The van der Waals surface area contributed by atoms with Crippen molar-refractivity contribution in [2.45, 2.75) is 13.5 Å². The molecule has 0 bridgehead atoms. The molecule has 0 fully saturated rings. The van der Waals surface area contributed by atoms with E-state index in [9.17, 15) is 4.79 Å². The molecule has 4 rings (SSSR count). The number of nitrogens with zero attached hydrogens (tertiary/aromatic N) is 3. The van der Waals surface area contributed by atoms with Gasteiger partial charge in [-0.2, -0.15) is 5.10 Å². The van der Waals surface area contributed by atoms with Crippen molar-refractivity contribution >= 4 is 17.2 Å². The molecule has 30 heavy (non-hydrogen) atoms. The Kier molecular flexibility index (Phi) is 5.45. The van der Waals surface area contributed by atoms with Gasteiger partial charge in [-0.05, 0) is 24.6 Å². The maximum absolute atomic E-state index is 13.0. The van der Waals surface area contributed by atoms with Gasteiger partial charge in [-0.15, -0.1) is 0 Å². The molecule has 2 heterocycles. The number of fused-ring (bicyclic) bond motifs is 1. The van der Waals surface area contributed by atoms with E-state index in [2.05, 4.69) is 15.4 Å². The summed E-state index contributed by atoms with van der Waals surface area (Å²) in [5.74, 6) is 0.307. The number of hydrogen-bond donors (Lipinski definition) is 1. The predicted octanol–water partition coefficient (Wildman–Crippen LogP) is 4.11. The Morgan fingerprint density at radius 2 is 1.80 bits per heavy atom. The first kappa shape index (κ1) is 19.6. The van der Waals surface area contributed by atoms with Crippen molar-refractivity contribution in [1.29, 1.82) is 0 Å². The van der Waals surface area contributed by atoms with E-state index in [1.807, 2.05) is 49.4 Å². The van der Waals surface area contributed by atoms with Gasteiger partial charge in [0.1, 0.15) is 5.75 Å².